The summed E-state index contributed by atoms with van der Waals surface area (Å²) in [4.78, 5) is 18.3. The molecule has 0 bridgehead atoms. The summed E-state index contributed by atoms with van der Waals surface area (Å²) in [5, 5.41) is 0. The molecule has 0 aliphatic carbocycles. The number of hydrogen-bond acceptors (Lipinski definition) is 4. The molecule has 1 aromatic heterocycles. The Morgan fingerprint density at radius 2 is 2.45 bits per heavy atom. The molecule has 0 spiro atoms. The van der Waals surface area contributed by atoms with E-state index in [1.807, 2.05) is 19.4 Å². The topological polar surface area (TPSA) is 56.6 Å². The standard InChI is InChI=1S/C16H25N3O3/c1-18(16(20)12-21-11-14-3-2-8-22-14)10-13-4-6-19-7-5-17-15(19)9-13/h5,7,13-14H,2-4,6,8-12H2,1H3/t13-,14-/m0/s1. The maximum absolute atomic E-state index is 12.1. The minimum Gasteiger partial charge on any atom is -0.376 e. The number of ether oxygens (including phenoxy) is 2. The number of fused-ring (bicyclic) bond motifs is 1. The summed E-state index contributed by atoms with van der Waals surface area (Å²) in [5.41, 5.74) is 0. The molecule has 2 aliphatic rings. The summed E-state index contributed by atoms with van der Waals surface area (Å²) in [6, 6.07) is 0. The van der Waals surface area contributed by atoms with Crippen LogP contribution >= 0.6 is 0 Å². The van der Waals surface area contributed by atoms with Crippen molar-refractivity contribution in [1.29, 1.82) is 0 Å². The smallest absolute Gasteiger partial charge is 0.248 e. The lowest BCUT2D eigenvalue weighted by atomic mass is 9.97. The van der Waals surface area contributed by atoms with Crippen LogP contribution < -0.4 is 0 Å². The van der Waals surface area contributed by atoms with Crippen molar-refractivity contribution in [2.24, 2.45) is 5.92 Å². The number of imidazole rings is 1. The van der Waals surface area contributed by atoms with Crippen LogP contribution in [-0.4, -0.2) is 59.9 Å². The van der Waals surface area contributed by atoms with Crippen molar-refractivity contribution in [3.05, 3.63) is 18.2 Å². The van der Waals surface area contributed by atoms with Crippen molar-refractivity contribution < 1.29 is 14.3 Å². The zero-order valence-electron chi connectivity index (χ0n) is 13.2. The molecule has 2 atom stereocenters. The highest BCUT2D eigenvalue weighted by molar-refractivity contribution is 5.77. The summed E-state index contributed by atoms with van der Waals surface area (Å²) in [6.45, 7) is 3.27. The molecule has 1 fully saturated rings. The minimum absolute atomic E-state index is 0.0481. The van der Waals surface area contributed by atoms with E-state index in [0.29, 0.717) is 12.5 Å². The molecule has 1 aromatic rings. The second-order valence-electron chi connectivity index (χ2n) is 6.32. The molecule has 6 heteroatoms. The Labute approximate surface area is 131 Å². The van der Waals surface area contributed by atoms with Crippen molar-refractivity contribution in [2.75, 3.05) is 33.4 Å². The first kappa shape index (κ1) is 15.5. The highest BCUT2D eigenvalue weighted by Crippen LogP contribution is 2.19. The molecule has 3 rings (SSSR count). The molecule has 0 saturated carbocycles. The van der Waals surface area contributed by atoms with Gasteiger partial charge in [-0.1, -0.05) is 0 Å². The van der Waals surface area contributed by atoms with Crippen LogP contribution in [0.1, 0.15) is 25.1 Å². The van der Waals surface area contributed by atoms with Gasteiger partial charge in [-0.3, -0.25) is 4.79 Å². The number of likely N-dealkylation sites (N-methyl/N-ethyl adjacent to an activating group) is 1. The van der Waals surface area contributed by atoms with Gasteiger partial charge in [0.05, 0.1) is 12.7 Å². The van der Waals surface area contributed by atoms with E-state index < -0.39 is 0 Å². The fraction of sp³-hybridized carbons (Fsp3) is 0.750. The Balaban J connectivity index is 1.38. The fourth-order valence-corrected chi connectivity index (χ4v) is 3.22. The summed E-state index contributed by atoms with van der Waals surface area (Å²) in [6.07, 6.45) is 8.23. The third kappa shape index (κ3) is 3.87. The summed E-state index contributed by atoms with van der Waals surface area (Å²) in [5.74, 6) is 1.67. The number of amides is 1. The van der Waals surface area contributed by atoms with Crippen LogP contribution in [0.4, 0.5) is 0 Å². The zero-order chi connectivity index (χ0) is 15.4. The van der Waals surface area contributed by atoms with Crippen LogP contribution in [0.5, 0.6) is 0 Å². The highest BCUT2D eigenvalue weighted by atomic mass is 16.5. The Hall–Kier alpha value is -1.40. The maximum atomic E-state index is 12.1. The van der Waals surface area contributed by atoms with Gasteiger partial charge in [-0.05, 0) is 25.2 Å². The quantitative estimate of drug-likeness (QED) is 0.790. The Morgan fingerprint density at radius 1 is 1.55 bits per heavy atom. The second kappa shape index (κ2) is 7.24. The summed E-state index contributed by atoms with van der Waals surface area (Å²) in [7, 11) is 1.86. The van der Waals surface area contributed by atoms with Gasteiger partial charge in [0.1, 0.15) is 12.4 Å². The molecule has 122 valence electrons. The Kier molecular flexibility index (Phi) is 5.10. The number of aromatic nitrogens is 2. The third-order valence-corrected chi connectivity index (χ3v) is 4.56. The van der Waals surface area contributed by atoms with E-state index in [1.165, 1.54) is 0 Å². The third-order valence-electron chi connectivity index (χ3n) is 4.56. The lowest BCUT2D eigenvalue weighted by molar-refractivity contribution is -0.136. The van der Waals surface area contributed by atoms with Gasteiger partial charge in [0.15, 0.2) is 0 Å². The van der Waals surface area contributed by atoms with Gasteiger partial charge in [0, 0.05) is 45.6 Å². The van der Waals surface area contributed by atoms with Crippen LogP contribution in [0.3, 0.4) is 0 Å². The molecule has 0 N–H and O–H groups in total. The number of hydrogen-bond donors (Lipinski definition) is 0. The first-order valence-electron chi connectivity index (χ1n) is 8.15. The highest BCUT2D eigenvalue weighted by Gasteiger charge is 2.22. The Morgan fingerprint density at radius 3 is 3.27 bits per heavy atom. The monoisotopic (exact) mass is 307 g/mol. The number of nitrogens with zero attached hydrogens (tertiary/aromatic N) is 3. The predicted octanol–water partition coefficient (Wildman–Crippen LogP) is 1.10. The van der Waals surface area contributed by atoms with Crippen molar-refractivity contribution in [1.82, 2.24) is 14.5 Å². The maximum Gasteiger partial charge on any atom is 0.248 e. The van der Waals surface area contributed by atoms with Gasteiger partial charge in [0.2, 0.25) is 5.91 Å². The van der Waals surface area contributed by atoms with Crippen LogP contribution in [0, 0.1) is 5.92 Å². The van der Waals surface area contributed by atoms with E-state index >= 15 is 0 Å². The van der Waals surface area contributed by atoms with E-state index in [2.05, 4.69) is 9.55 Å². The lowest BCUT2D eigenvalue weighted by Crippen LogP contribution is -2.37. The first-order valence-corrected chi connectivity index (χ1v) is 8.15. The van der Waals surface area contributed by atoms with E-state index in [4.69, 9.17) is 9.47 Å². The number of carbonyl (C=O) groups excluding carboxylic acids is 1. The van der Waals surface area contributed by atoms with Crippen molar-refractivity contribution >= 4 is 5.91 Å². The number of aryl methyl sites for hydroxylation is 1. The SMILES string of the molecule is CN(C[C@H]1CCn2ccnc2C1)C(=O)COC[C@@H]1CCCO1. The van der Waals surface area contributed by atoms with E-state index in [-0.39, 0.29) is 18.6 Å². The summed E-state index contributed by atoms with van der Waals surface area (Å²) >= 11 is 0. The van der Waals surface area contributed by atoms with Crippen LogP contribution in [0.15, 0.2) is 12.4 Å². The molecule has 0 aromatic carbocycles. The molecular formula is C16H25N3O3. The number of carbonyl (C=O) groups is 1. The van der Waals surface area contributed by atoms with Gasteiger partial charge < -0.3 is 18.9 Å². The van der Waals surface area contributed by atoms with E-state index in [1.54, 1.807) is 4.90 Å². The molecule has 22 heavy (non-hydrogen) atoms. The van der Waals surface area contributed by atoms with Crippen molar-refractivity contribution in [2.45, 2.75) is 38.3 Å². The average molecular weight is 307 g/mol. The molecular weight excluding hydrogens is 282 g/mol. The molecule has 3 heterocycles. The average Bonchev–Trinajstić information content (AvgIpc) is 3.17. The van der Waals surface area contributed by atoms with Crippen LogP contribution in [0.2, 0.25) is 0 Å². The largest absolute Gasteiger partial charge is 0.376 e. The van der Waals surface area contributed by atoms with E-state index in [9.17, 15) is 4.79 Å². The molecule has 0 radical (unpaired) electrons. The van der Waals surface area contributed by atoms with Gasteiger partial charge in [-0.25, -0.2) is 4.98 Å². The Bertz CT molecular complexity index is 497. The number of rotatable bonds is 6. The van der Waals surface area contributed by atoms with Crippen molar-refractivity contribution in [3.8, 4) is 0 Å². The summed E-state index contributed by atoms with van der Waals surface area (Å²) < 4.78 is 13.2. The predicted molar refractivity (Wildman–Crippen MR) is 81.5 cm³/mol. The van der Waals surface area contributed by atoms with Crippen molar-refractivity contribution in [3.63, 3.8) is 0 Å². The second-order valence-corrected chi connectivity index (χ2v) is 6.32. The fourth-order valence-electron chi connectivity index (χ4n) is 3.22. The minimum atomic E-state index is 0.0481. The van der Waals surface area contributed by atoms with Gasteiger partial charge in [0.25, 0.3) is 0 Å². The first-order chi connectivity index (χ1) is 10.7. The van der Waals surface area contributed by atoms with Gasteiger partial charge in [-0.2, -0.15) is 0 Å². The van der Waals surface area contributed by atoms with Gasteiger partial charge in [-0.15, -0.1) is 0 Å². The van der Waals surface area contributed by atoms with Crippen LogP contribution in [-0.2, 0) is 27.2 Å². The molecule has 2 aliphatic heterocycles. The normalized spacial score (nSPS) is 24.2. The molecule has 0 unspecified atom stereocenters. The van der Waals surface area contributed by atoms with Crippen LogP contribution in [0.25, 0.3) is 0 Å². The van der Waals surface area contributed by atoms with E-state index in [0.717, 1.165) is 51.2 Å². The van der Waals surface area contributed by atoms with Gasteiger partial charge >= 0.3 is 0 Å². The zero-order valence-corrected chi connectivity index (χ0v) is 13.2. The molecule has 6 nitrogen and oxygen atoms in total. The molecule has 1 amide bonds. The lowest BCUT2D eigenvalue weighted by Gasteiger charge is -2.27. The molecule has 1 saturated heterocycles.